The molecule has 1 saturated heterocycles. The highest BCUT2D eigenvalue weighted by atomic mass is 32.2. The number of nitrogens with zero attached hydrogens (tertiary/aromatic N) is 1. The lowest BCUT2D eigenvalue weighted by Crippen LogP contribution is -2.12. The van der Waals surface area contributed by atoms with E-state index in [9.17, 15) is 12.6 Å². The molecule has 0 N–H and O–H groups in total. The highest BCUT2D eigenvalue weighted by molar-refractivity contribution is 7.89. The number of hydroxylamine groups is 1. The largest absolute Gasteiger partial charge is 0.267 e. The first-order valence-corrected chi connectivity index (χ1v) is 9.19. The highest BCUT2D eigenvalue weighted by Crippen LogP contribution is 2.42. The molecule has 3 rings (SSSR count). The molecule has 5 nitrogen and oxygen atoms in total. The third kappa shape index (κ3) is 2.77. The summed E-state index contributed by atoms with van der Waals surface area (Å²) in [6.07, 6.45) is 0.976. The summed E-state index contributed by atoms with van der Waals surface area (Å²) in [5, 5.41) is 0. The molecule has 0 bridgehead atoms. The van der Waals surface area contributed by atoms with Gasteiger partial charge in [-0.2, -0.15) is 0 Å². The van der Waals surface area contributed by atoms with Gasteiger partial charge in [-0.1, -0.05) is 30.3 Å². The Balaban J connectivity index is 1.81. The van der Waals surface area contributed by atoms with Gasteiger partial charge < -0.3 is 0 Å². The molecule has 7 heteroatoms. The number of rotatable bonds is 4. The van der Waals surface area contributed by atoms with Gasteiger partial charge in [0, 0.05) is 27.5 Å². The molecule has 3 unspecified atom stereocenters. The van der Waals surface area contributed by atoms with Gasteiger partial charge in [-0.3, -0.25) is 9.05 Å². The van der Waals surface area contributed by atoms with Gasteiger partial charge in [-0.15, -0.1) is 0 Å². The number of hydrogen-bond acceptors (Lipinski definition) is 4. The van der Waals surface area contributed by atoms with E-state index in [1.165, 1.54) is 12.1 Å². The summed E-state index contributed by atoms with van der Waals surface area (Å²) in [5.41, 5.74) is 0.712. The average molecular weight is 323 g/mol. The summed E-state index contributed by atoms with van der Waals surface area (Å²) in [7, 11) is -4.70. The molecule has 2 aromatic carbocycles. The molecule has 1 aliphatic rings. The smallest absolute Gasteiger partial charge is 0.255 e. The number of hydrogen-bond donors (Lipinski definition) is 0. The molecular weight excluding hydrogens is 310 g/mol. The minimum atomic E-state index is -3.64. The Morgan fingerprint density at radius 3 is 2.24 bits per heavy atom. The second-order valence-electron chi connectivity index (χ2n) is 4.55. The van der Waals surface area contributed by atoms with Crippen molar-refractivity contribution < 1.29 is 17.5 Å². The molecule has 1 heterocycles. The number of benzene rings is 2. The van der Waals surface area contributed by atoms with Crippen molar-refractivity contribution in [2.75, 3.05) is 6.26 Å². The molecule has 0 aromatic heterocycles. The summed E-state index contributed by atoms with van der Waals surface area (Å²) >= 11 is 0. The third-order valence-corrected chi connectivity index (χ3v) is 5.68. The maximum absolute atomic E-state index is 12.3. The predicted molar refractivity (Wildman–Crippen MR) is 78.1 cm³/mol. The van der Waals surface area contributed by atoms with Crippen LogP contribution in [0.3, 0.4) is 0 Å². The Morgan fingerprint density at radius 1 is 1.05 bits per heavy atom. The highest BCUT2D eigenvalue weighted by Gasteiger charge is 2.48. The van der Waals surface area contributed by atoms with E-state index in [0.29, 0.717) is 10.5 Å². The van der Waals surface area contributed by atoms with Gasteiger partial charge >= 0.3 is 0 Å². The van der Waals surface area contributed by atoms with E-state index in [-0.39, 0.29) is 4.90 Å². The molecule has 21 heavy (non-hydrogen) atoms. The van der Waals surface area contributed by atoms with Gasteiger partial charge in [-0.25, -0.2) is 8.42 Å². The Bertz CT molecular complexity index is 772. The number of sulfonamides is 1. The summed E-state index contributed by atoms with van der Waals surface area (Å²) in [6.45, 7) is 0. The Kier molecular flexibility index (Phi) is 3.66. The molecule has 1 fully saturated rings. The fraction of sp³-hybridized carbons (Fsp3) is 0.143. The van der Waals surface area contributed by atoms with E-state index in [4.69, 9.17) is 4.84 Å². The zero-order chi connectivity index (χ0) is 15.0. The molecular formula is C14H13NO4S2. The lowest BCUT2D eigenvalue weighted by Gasteiger charge is -2.02. The van der Waals surface area contributed by atoms with Crippen molar-refractivity contribution in [3.63, 3.8) is 0 Å². The van der Waals surface area contributed by atoms with Crippen LogP contribution in [0.5, 0.6) is 0 Å². The minimum absolute atomic E-state index is 0.193. The van der Waals surface area contributed by atoms with E-state index in [2.05, 4.69) is 0 Å². The maximum Gasteiger partial charge on any atom is 0.267 e. The summed E-state index contributed by atoms with van der Waals surface area (Å²) in [5.74, 6) is 0. The van der Waals surface area contributed by atoms with Crippen molar-refractivity contribution in [2.45, 2.75) is 16.0 Å². The van der Waals surface area contributed by atoms with Crippen LogP contribution in [0.2, 0.25) is 0 Å². The third-order valence-electron chi connectivity index (χ3n) is 3.12. The van der Waals surface area contributed by atoms with Crippen LogP contribution in [-0.2, 0) is 25.7 Å². The summed E-state index contributed by atoms with van der Waals surface area (Å²) in [6, 6.07) is 15.0. The first-order valence-electron chi connectivity index (χ1n) is 6.20. The minimum Gasteiger partial charge on any atom is -0.255 e. The second-order valence-corrected chi connectivity index (χ2v) is 7.72. The van der Waals surface area contributed by atoms with Crippen molar-refractivity contribution in [1.82, 2.24) is 4.47 Å². The second kappa shape index (κ2) is 5.34. The lowest BCUT2D eigenvalue weighted by atomic mass is 10.2. The monoisotopic (exact) mass is 323 g/mol. The van der Waals surface area contributed by atoms with E-state index in [1.807, 2.05) is 0 Å². The normalized spacial score (nSPS) is 22.7. The summed E-state index contributed by atoms with van der Waals surface area (Å²) in [4.78, 5) is 6.08. The van der Waals surface area contributed by atoms with E-state index >= 15 is 0 Å². The van der Waals surface area contributed by atoms with Crippen LogP contribution in [0.15, 0.2) is 64.4 Å². The molecule has 0 amide bonds. The molecule has 3 atom stereocenters. The topological polar surface area (TPSA) is 66.8 Å². The van der Waals surface area contributed by atoms with Crippen LogP contribution in [0.1, 0.15) is 11.8 Å². The predicted octanol–water partition coefficient (Wildman–Crippen LogP) is 2.06. The zero-order valence-electron chi connectivity index (χ0n) is 11.2. The van der Waals surface area contributed by atoms with Crippen molar-refractivity contribution in [1.29, 1.82) is 0 Å². The van der Waals surface area contributed by atoms with Crippen LogP contribution in [-0.4, -0.2) is 23.4 Å². The quantitative estimate of drug-likeness (QED) is 0.808. The Hall–Kier alpha value is -1.54. The van der Waals surface area contributed by atoms with Gasteiger partial charge in [0.05, 0.1) is 4.90 Å². The Morgan fingerprint density at radius 2 is 1.67 bits per heavy atom. The van der Waals surface area contributed by atoms with Crippen LogP contribution >= 0.6 is 0 Å². The van der Waals surface area contributed by atoms with Crippen molar-refractivity contribution in [3.05, 3.63) is 60.2 Å². The van der Waals surface area contributed by atoms with Gasteiger partial charge in [0.15, 0.2) is 6.23 Å². The molecule has 110 valence electrons. The molecule has 0 spiro atoms. The molecule has 0 aliphatic carbocycles. The van der Waals surface area contributed by atoms with Crippen LogP contribution in [0, 0.1) is 0 Å². The van der Waals surface area contributed by atoms with E-state index in [0.717, 1.165) is 4.47 Å². The van der Waals surface area contributed by atoms with E-state index in [1.54, 1.807) is 48.7 Å². The van der Waals surface area contributed by atoms with Crippen LogP contribution in [0.25, 0.3) is 0 Å². The van der Waals surface area contributed by atoms with Gasteiger partial charge in [0.1, 0.15) is 0 Å². The fourth-order valence-electron chi connectivity index (χ4n) is 1.96. The molecule has 0 radical (unpaired) electrons. The van der Waals surface area contributed by atoms with Crippen molar-refractivity contribution >= 4 is 20.8 Å². The molecule has 0 saturated carbocycles. The maximum atomic E-state index is 12.3. The fourth-order valence-corrected chi connectivity index (χ4v) is 3.75. The van der Waals surface area contributed by atoms with Gasteiger partial charge in [-0.05, 0) is 28.7 Å². The zero-order valence-corrected chi connectivity index (χ0v) is 12.8. The van der Waals surface area contributed by atoms with Crippen molar-refractivity contribution in [3.8, 4) is 0 Å². The average Bonchev–Trinajstić information content (AvgIpc) is 3.29. The Labute approximate surface area is 125 Å². The first-order chi connectivity index (χ1) is 10.00. The van der Waals surface area contributed by atoms with Crippen LogP contribution < -0.4 is 0 Å². The first kappa shape index (κ1) is 14.4. The standard InChI is InChI=1S/C14H13NO4S2/c1-20(16)12-9-7-11(8-10-12)14-15(19-14)21(17,18)13-5-3-2-4-6-13/h2-10,14H,1H3. The summed E-state index contributed by atoms with van der Waals surface area (Å²) < 4.78 is 36.9. The van der Waals surface area contributed by atoms with Crippen molar-refractivity contribution in [2.24, 2.45) is 0 Å². The van der Waals surface area contributed by atoms with Gasteiger partial charge in [0.25, 0.3) is 10.0 Å². The van der Waals surface area contributed by atoms with Crippen LogP contribution in [0.4, 0.5) is 0 Å². The van der Waals surface area contributed by atoms with E-state index < -0.39 is 27.1 Å². The SMILES string of the molecule is CS(=O)c1ccc(C2ON2S(=O)(=O)c2ccccc2)cc1. The molecule has 1 aliphatic heterocycles. The molecule has 2 aromatic rings. The lowest BCUT2D eigenvalue weighted by molar-refractivity contribution is 0.283. The van der Waals surface area contributed by atoms with Gasteiger partial charge in [0.2, 0.25) is 0 Å².